The van der Waals surface area contributed by atoms with Crippen molar-refractivity contribution in [2.45, 2.75) is 11.8 Å². The highest BCUT2D eigenvalue weighted by Crippen LogP contribution is 2.37. The van der Waals surface area contributed by atoms with Crippen LogP contribution in [0.2, 0.25) is 0 Å². The molecular formula is C9H12N2O3S. The number of aliphatic hydroxyl groups is 1. The number of aliphatic hydroxyl groups excluding tert-OH is 1. The molecule has 0 amide bonds. The fourth-order valence-corrected chi connectivity index (χ4v) is 3.11. The Balaban J connectivity index is 2.24. The number of nitrogens with zero attached hydrogens (tertiary/aromatic N) is 1. The van der Waals surface area contributed by atoms with Crippen LogP contribution in [0.15, 0.2) is 21.9 Å². The van der Waals surface area contributed by atoms with E-state index < -0.39 is 0 Å². The molecule has 2 N–H and O–H groups in total. The second-order valence-corrected chi connectivity index (χ2v) is 4.80. The molecule has 1 fully saturated rings. The van der Waals surface area contributed by atoms with Crippen molar-refractivity contribution < 1.29 is 5.11 Å². The van der Waals surface area contributed by atoms with Crippen LogP contribution in [0.4, 0.5) is 0 Å². The predicted octanol–water partition coefficient (Wildman–Crippen LogP) is -0.219. The van der Waals surface area contributed by atoms with Crippen LogP contribution in [0.1, 0.15) is 11.8 Å². The minimum absolute atomic E-state index is 0.0338. The standard InChI is InChI=1S/C9H12N2O3S/c12-4-6-3-8(15-5-6)11-2-1-7(13)10-9(11)14/h1-2,6,8,12H,3-5H2,(H,10,13,14)/t6-,8+/m1/s1. The van der Waals surface area contributed by atoms with Crippen LogP contribution in [0.25, 0.3) is 0 Å². The molecule has 0 bridgehead atoms. The van der Waals surface area contributed by atoms with E-state index in [1.54, 1.807) is 11.8 Å². The Bertz CT molecular complexity index is 453. The molecule has 2 rings (SSSR count). The van der Waals surface area contributed by atoms with Gasteiger partial charge in [-0.1, -0.05) is 0 Å². The van der Waals surface area contributed by atoms with Gasteiger partial charge in [0.05, 0.1) is 5.37 Å². The van der Waals surface area contributed by atoms with Gasteiger partial charge in [0.1, 0.15) is 0 Å². The maximum absolute atomic E-state index is 11.5. The van der Waals surface area contributed by atoms with Crippen LogP contribution in [-0.4, -0.2) is 27.0 Å². The predicted molar refractivity (Wildman–Crippen MR) is 58.0 cm³/mol. The van der Waals surface area contributed by atoms with Gasteiger partial charge in [-0.15, -0.1) is 11.8 Å². The maximum Gasteiger partial charge on any atom is 0.329 e. The Morgan fingerprint density at radius 2 is 2.40 bits per heavy atom. The highest BCUT2D eigenvalue weighted by atomic mass is 32.2. The molecule has 2 atom stereocenters. The zero-order valence-electron chi connectivity index (χ0n) is 8.05. The van der Waals surface area contributed by atoms with E-state index in [0.29, 0.717) is 0 Å². The number of aromatic nitrogens is 2. The monoisotopic (exact) mass is 228 g/mol. The highest BCUT2D eigenvalue weighted by molar-refractivity contribution is 7.99. The number of rotatable bonds is 2. The van der Waals surface area contributed by atoms with Crippen molar-refractivity contribution in [2.24, 2.45) is 5.92 Å². The van der Waals surface area contributed by atoms with Crippen LogP contribution in [0.3, 0.4) is 0 Å². The molecule has 0 spiro atoms. The van der Waals surface area contributed by atoms with Crippen LogP contribution in [0.5, 0.6) is 0 Å². The van der Waals surface area contributed by atoms with E-state index in [-0.39, 0.29) is 29.1 Å². The lowest BCUT2D eigenvalue weighted by Crippen LogP contribution is -2.30. The summed E-state index contributed by atoms with van der Waals surface area (Å²) >= 11 is 1.63. The normalized spacial score (nSPS) is 25.7. The van der Waals surface area contributed by atoms with Crippen LogP contribution >= 0.6 is 11.8 Å². The molecule has 0 unspecified atom stereocenters. The lowest BCUT2D eigenvalue weighted by Gasteiger charge is -2.11. The van der Waals surface area contributed by atoms with Crippen LogP contribution < -0.4 is 11.2 Å². The summed E-state index contributed by atoms with van der Waals surface area (Å²) in [5.74, 6) is 1.10. The van der Waals surface area contributed by atoms with E-state index in [1.807, 2.05) is 0 Å². The van der Waals surface area contributed by atoms with E-state index >= 15 is 0 Å². The van der Waals surface area contributed by atoms with Crippen molar-refractivity contribution in [1.29, 1.82) is 0 Å². The quantitative estimate of drug-likeness (QED) is 0.734. The fourth-order valence-electron chi connectivity index (χ4n) is 1.64. The number of aromatic amines is 1. The molecule has 0 aliphatic carbocycles. The van der Waals surface area contributed by atoms with Gasteiger partial charge in [0, 0.05) is 24.6 Å². The van der Waals surface area contributed by atoms with Crippen molar-refractivity contribution in [3.05, 3.63) is 33.1 Å². The van der Waals surface area contributed by atoms with Gasteiger partial charge in [0.25, 0.3) is 5.56 Å². The summed E-state index contributed by atoms with van der Waals surface area (Å²) in [4.78, 5) is 24.5. The van der Waals surface area contributed by atoms with Gasteiger partial charge in [-0.05, 0) is 12.3 Å². The summed E-state index contributed by atoms with van der Waals surface area (Å²) in [6.45, 7) is 0.154. The van der Waals surface area contributed by atoms with E-state index in [9.17, 15) is 9.59 Å². The molecule has 1 aromatic rings. The maximum atomic E-state index is 11.5. The number of hydrogen-bond acceptors (Lipinski definition) is 4. The summed E-state index contributed by atoms with van der Waals surface area (Å²) in [6, 6.07) is 1.34. The summed E-state index contributed by atoms with van der Waals surface area (Å²) in [7, 11) is 0. The van der Waals surface area contributed by atoms with Crippen LogP contribution in [0, 0.1) is 5.92 Å². The number of H-pyrrole nitrogens is 1. The van der Waals surface area contributed by atoms with E-state index in [2.05, 4.69) is 4.98 Å². The Morgan fingerprint density at radius 1 is 1.60 bits per heavy atom. The smallest absolute Gasteiger partial charge is 0.329 e. The first-order valence-corrected chi connectivity index (χ1v) is 5.79. The molecular weight excluding hydrogens is 216 g/mol. The third kappa shape index (κ3) is 2.15. The highest BCUT2D eigenvalue weighted by Gasteiger charge is 2.26. The Morgan fingerprint density at radius 3 is 3.00 bits per heavy atom. The minimum atomic E-state index is -0.377. The molecule has 1 aliphatic rings. The molecule has 6 heteroatoms. The minimum Gasteiger partial charge on any atom is -0.396 e. The lowest BCUT2D eigenvalue weighted by atomic mass is 10.1. The van der Waals surface area contributed by atoms with Gasteiger partial charge in [-0.25, -0.2) is 4.79 Å². The molecule has 15 heavy (non-hydrogen) atoms. The summed E-state index contributed by atoms with van der Waals surface area (Å²) in [5, 5.41) is 9.02. The zero-order chi connectivity index (χ0) is 10.8. The second kappa shape index (κ2) is 4.24. The Hall–Kier alpha value is -1.01. The van der Waals surface area contributed by atoms with Crippen molar-refractivity contribution in [2.75, 3.05) is 12.4 Å². The second-order valence-electron chi connectivity index (χ2n) is 3.59. The molecule has 0 aromatic carbocycles. The molecule has 0 radical (unpaired) electrons. The first-order chi connectivity index (χ1) is 7.20. The molecule has 1 saturated heterocycles. The lowest BCUT2D eigenvalue weighted by molar-refractivity contribution is 0.233. The zero-order valence-corrected chi connectivity index (χ0v) is 8.87. The number of nitrogens with one attached hydrogen (secondary N) is 1. The van der Waals surface area contributed by atoms with Gasteiger partial charge in [0.15, 0.2) is 0 Å². The van der Waals surface area contributed by atoms with Crippen molar-refractivity contribution in [1.82, 2.24) is 9.55 Å². The van der Waals surface area contributed by atoms with Crippen LogP contribution in [-0.2, 0) is 0 Å². The molecule has 82 valence electrons. The van der Waals surface area contributed by atoms with Gasteiger partial charge in [-0.3, -0.25) is 14.3 Å². The third-order valence-electron chi connectivity index (χ3n) is 2.48. The Labute approximate surface area is 90.1 Å². The molecule has 2 heterocycles. The molecule has 0 saturated carbocycles. The van der Waals surface area contributed by atoms with Crippen molar-refractivity contribution in [3.63, 3.8) is 0 Å². The first-order valence-electron chi connectivity index (χ1n) is 4.74. The average Bonchev–Trinajstić information content (AvgIpc) is 2.66. The molecule has 5 nitrogen and oxygen atoms in total. The third-order valence-corrected chi connectivity index (χ3v) is 3.95. The van der Waals surface area contributed by atoms with E-state index in [1.165, 1.54) is 16.8 Å². The Kier molecular flexibility index (Phi) is 2.97. The summed E-state index contributed by atoms with van der Waals surface area (Å²) < 4.78 is 1.52. The van der Waals surface area contributed by atoms with Crippen molar-refractivity contribution in [3.8, 4) is 0 Å². The van der Waals surface area contributed by atoms with Gasteiger partial charge < -0.3 is 5.11 Å². The fraction of sp³-hybridized carbons (Fsp3) is 0.556. The summed E-state index contributed by atoms with van der Waals surface area (Å²) in [5.41, 5.74) is -0.753. The van der Waals surface area contributed by atoms with Gasteiger partial charge in [-0.2, -0.15) is 0 Å². The molecule has 1 aliphatic heterocycles. The SMILES string of the molecule is O=c1ccn([C@@H]2C[C@H](CO)CS2)c(=O)[nH]1. The summed E-state index contributed by atoms with van der Waals surface area (Å²) in [6.07, 6.45) is 2.28. The van der Waals surface area contributed by atoms with Gasteiger partial charge >= 0.3 is 5.69 Å². The number of hydrogen-bond donors (Lipinski definition) is 2. The molecule has 1 aromatic heterocycles. The first kappa shape index (κ1) is 10.5. The van der Waals surface area contributed by atoms with Crippen molar-refractivity contribution >= 4 is 11.8 Å². The van der Waals surface area contributed by atoms with Gasteiger partial charge in [0.2, 0.25) is 0 Å². The largest absolute Gasteiger partial charge is 0.396 e. The average molecular weight is 228 g/mol. The number of thioether (sulfide) groups is 1. The van der Waals surface area contributed by atoms with E-state index in [0.717, 1.165) is 12.2 Å². The topological polar surface area (TPSA) is 75.1 Å². The van der Waals surface area contributed by atoms with E-state index in [4.69, 9.17) is 5.11 Å².